The molecule has 88 valence electrons. The van der Waals surface area contributed by atoms with Crippen LogP contribution in [0.2, 0.25) is 0 Å². The summed E-state index contributed by atoms with van der Waals surface area (Å²) >= 11 is 0. The molecule has 1 N–H and O–H groups in total. The van der Waals surface area contributed by atoms with Gasteiger partial charge >= 0.3 is 0 Å². The molecule has 15 heavy (non-hydrogen) atoms. The molecule has 0 aromatic carbocycles. The molecule has 1 saturated heterocycles. The van der Waals surface area contributed by atoms with E-state index in [1.165, 1.54) is 6.42 Å². The predicted molar refractivity (Wildman–Crippen MR) is 62.7 cm³/mol. The van der Waals surface area contributed by atoms with Crippen LogP contribution >= 0.6 is 0 Å². The number of nitrogens with one attached hydrogen (secondary N) is 1. The van der Waals surface area contributed by atoms with E-state index in [1.807, 2.05) is 4.90 Å². The minimum atomic E-state index is 0.204. The zero-order valence-corrected chi connectivity index (χ0v) is 10.4. The number of nitrogens with zero attached hydrogens (tertiary/aromatic N) is 1. The highest BCUT2D eigenvalue weighted by Gasteiger charge is 2.24. The Balaban J connectivity index is 2.26. The van der Waals surface area contributed by atoms with Crippen LogP contribution in [0.3, 0.4) is 0 Å². The first kappa shape index (κ1) is 12.5. The SMILES string of the molecule is CC(=O)N1CCC(NC(C)CC(C)C)C1. The molecule has 0 aromatic rings. The smallest absolute Gasteiger partial charge is 0.219 e. The Morgan fingerprint density at radius 2 is 2.13 bits per heavy atom. The second-order valence-electron chi connectivity index (χ2n) is 5.15. The van der Waals surface area contributed by atoms with E-state index in [-0.39, 0.29) is 5.91 Å². The zero-order chi connectivity index (χ0) is 11.4. The number of carbonyl (C=O) groups excluding carboxylic acids is 1. The van der Waals surface area contributed by atoms with Gasteiger partial charge in [-0.2, -0.15) is 0 Å². The number of hydrogen-bond acceptors (Lipinski definition) is 2. The monoisotopic (exact) mass is 212 g/mol. The highest BCUT2D eigenvalue weighted by atomic mass is 16.2. The molecule has 2 unspecified atom stereocenters. The number of likely N-dealkylation sites (tertiary alicyclic amines) is 1. The third kappa shape index (κ3) is 4.20. The van der Waals surface area contributed by atoms with Gasteiger partial charge in [-0.15, -0.1) is 0 Å². The minimum absolute atomic E-state index is 0.204. The van der Waals surface area contributed by atoms with Crippen LogP contribution < -0.4 is 5.32 Å². The van der Waals surface area contributed by atoms with Crippen molar-refractivity contribution in [2.45, 2.75) is 52.6 Å². The average Bonchev–Trinajstić information content (AvgIpc) is 2.50. The summed E-state index contributed by atoms with van der Waals surface area (Å²) in [4.78, 5) is 13.1. The molecule has 1 rings (SSSR count). The molecule has 1 aliphatic rings. The highest BCUT2D eigenvalue weighted by Crippen LogP contribution is 2.12. The number of amides is 1. The van der Waals surface area contributed by atoms with Crippen molar-refractivity contribution >= 4 is 5.91 Å². The molecule has 0 spiro atoms. The standard InChI is InChI=1S/C12H24N2O/c1-9(2)7-10(3)13-12-5-6-14(8-12)11(4)15/h9-10,12-13H,5-8H2,1-4H3. The van der Waals surface area contributed by atoms with Crippen LogP contribution in [-0.4, -0.2) is 36.0 Å². The summed E-state index contributed by atoms with van der Waals surface area (Å²) in [6.45, 7) is 10.2. The zero-order valence-electron chi connectivity index (χ0n) is 10.4. The lowest BCUT2D eigenvalue weighted by atomic mass is 10.0. The van der Waals surface area contributed by atoms with Crippen molar-refractivity contribution in [3.05, 3.63) is 0 Å². The Bertz CT molecular complexity index is 216. The van der Waals surface area contributed by atoms with E-state index < -0.39 is 0 Å². The van der Waals surface area contributed by atoms with Gasteiger partial charge in [-0.05, 0) is 25.7 Å². The van der Waals surface area contributed by atoms with Gasteiger partial charge < -0.3 is 10.2 Å². The van der Waals surface area contributed by atoms with Crippen LogP contribution in [0.5, 0.6) is 0 Å². The third-order valence-electron chi connectivity index (χ3n) is 2.98. The molecular weight excluding hydrogens is 188 g/mol. The van der Waals surface area contributed by atoms with Crippen molar-refractivity contribution in [1.29, 1.82) is 0 Å². The Morgan fingerprint density at radius 1 is 1.47 bits per heavy atom. The van der Waals surface area contributed by atoms with Gasteiger partial charge in [-0.25, -0.2) is 0 Å². The molecule has 1 heterocycles. The molecule has 0 saturated carbocycles. The summed E-state index contributed by atoms with van der Waals surface area (Å²) in [7, 11) is 0. The van der Waals surface area contributed by atoms with Crippen LogP contribution in [-0.2, 0) is 4.79 Å². The summed E-state index contributed by atoms with van der Waals surface area (Å²) in [5, 5.41) is 3.60. The van der Waals surface area contributed by atoms with Crippen molar-refractivity contribution in [3.8, 4) is 0 Å². The maximum Gasteiger partial charge on any atom is 0.219 e. The van der Waals surface area contributed by atoms with Gasteiger partial charge in [0.05, 0.1) is 0 Å². The quantitative estimate of drug-likeness (QED) is 0.768. The number of rotatable bonds is 4. The fourth-order valence-electron chi connectivity index (χ4n) is 2.36. The highest BCUT2D eigenvalue weighted by molar-refractivity contribution is 5.73. The molecule has 3 heteroatoms. The molecule has 1 fully saturated rings. The van der Waals surface area contributed by atoms with E-state index in [4.69, 9.17) is 0 Å². The largest absolute Gasteiger partial charge is 0.341 e. The van der Waals surface area contributed by atoms with Gasteiger partial charge in [0.2, 0.25) is 5.91 Å². The molecule has 3 nitrogen and oxygen atoms in total. The van der Waals surface area contributed by atoms with E-state index in [1.54, 1.807) is 6.92 Å². The van der Waals surface area contributed by atoms with E-state index >= 15 is 0 Å². The Kier molecular flexibility index (Phi) is 4.58. The van der Waals surface area contributed by atoms with E-state index in [0.717, 1.165) is 25.4 Å². The lowest BCUT2D eigenvalue weighted by molar-refractivity contribution is -0.127. The topological polar surface area (TPSA) is 32.3 Å². The third-order valence-corrected chi connectivity index (χ3v) is 2.98. The summed E-state index contributed by atoms with van der Waals surface area (Å²) in [5.41, 5.74) is 0. The van der Waals surface area contributed by atoms with Gasteiger partial charge in [0, 0.05) is 32.1 Å². The maximum absolute atomic E-state index is 11.2. The van der Waals surface area contributed by atoms with Gasteiger partial charge in [0.25, 0.3) is 0 Å². The minimum Gasteiger partial charge on any atom is -0.341 e. The lowest BCUT2D eigenvalue weighted by Gasteiger charge is -2.21. The molecule has 1 aliphatic heterocycles. The van der Waals surface area contributed by atoms with Crippen molar-refractivity contribution < 1.29 is 4.79 Å². The van der Waals surface area contributed by atoms with Crippen LogP contribution in [0.25, 0.3) is 0 Å². The first-order chi connectivity index (χ1) is 6.99. The van der Waals surface area contributed by atoms with Gasteiger partial charge in [-0.1, -0.05) is 13.8 Å². The Hall–Kier alpha value is -0.570. The van der Waals surface area contributed by atoms with E-state index in [9.17, 15) is 4.79 Å². The Morgan fingerprint density at radius 3 is 2.60 bits per heavy atom. The summed E-state index contributed by atoms with van der Waals surface area (Å²) < 4.78 is 0. The van der Waals surface area contributed by atoms with Gasteiger partial charge in [0.1, 0.15) is 0 Å². The molecular formula is C12H24N2O. The second-order valence-corrected chi connectivity index (χ2v) is 5.15. The molecule has 0 radical (unpaired) electrons. The van der Waals surface area contributed by atoms with Crippen molar-refractivity contribution in [2.24, 2.45) is 5.92 Å². The molecule has 1 amide bonds. The van der Waals surface area contributed by atoms with Gasteiger partial charge in [0.15, 0.2) is 0 Å². The average molecular weight is 212 g/mol. The van der Waals surface area contributed by atoms with Crippen LogP contribution in [0.1, 0.15) is 40.5 Å². The predicted octanol–water partition coefficient (Wildman–Crippen LogP) is 1.63. The molecule has 0 aromatic heterocycles. The molecule has 0 aliphatic carbocycles. The molecule has 2 atom stereocenters. The number of carbonyl (C=O) groups is 1. The summed E-state index contributed by atoms with van der Waals surface area (Å²) in [6, 6.07) is 1.06. The van der Waals surface area contributed by atoms with Crippen LogP contribution in [0.15, 0.2) is 0 Å². The van der Waals surface area contributed by atoms with Crippen LogP contribution in [0.4, 0.5) is 0 Å². The molecule has 0 bridgehead atoms. The van der Waals surface area contributed by atoms with Crippen molar-refractivity contribution in [2.75, 3.05) is 13.1 Å². The van der Waals surface area contributed by atoms with Crippen LogP contribution in [0, 0.1) is 5.92 Å². The van der Waals surface area contributed by atoms with Crippen molar-refractivity contribution in [1.82, 2.24) is 10.2 Å². The summed E-state index contributed by atoms with van der Waals surface area (Å²) in [5.74, 6) is 0.939. The van der Waals surface area contributed by atoms with E-state index in [0.29, 0.717) is 12.1 Å². The number of hydrogen-bond donors (Lipinski definition) is 1. The van der Waals surface area contributed by atoms with Crippen molar-refractivity contribution in [3.63, 3.8) is 0 Å². The fraction of sp³-hybridized carbons (Fsp3) is 0.917. The second kappa shape index (κ2) is 5.50. The normalized spacial score (nSPS) is 23.5. The maximum atomic E-state index is 11.2. The first-order valence-corrected chi connectivity index (χ1v) is 6.00. The fourth-order valence-corrected chi connectivity index (χ4v) is 2.36. The Labute approximate surface area is 93.2 Å². The van der Waals surface area contributed by atoms with E-state index in [2.05, 4.69) is 26.1 Å². The van der Waals surface area contributed by atoms with Gasteiger partial charge in [-0.3, -0.25) is 4.79 Å². The first-order valence-electron chi connectivity index (χ1n) is 6.00. The lowest BCUT2D eigenvalue weighted by Crippen LogP contribution is -2.39. The summed E-state index contributed by atoms with van der Waals surface area (Å²) in [6.07, 6.45) is 2.30.